The molecule has 0 saturated heterocycles. The van der Waals surface area contributed by atoms with Crippen molar-refractivity contribution < 1.29 is 6.85 Å². The Kier molecular flexibility index (Phi) is 5.35. The van der Waals surface area contributed by atoms with Crippen LogP contribution in [0.4, 0.5) is 0 Å². The lowest BCUT2D eigenvalue weighted by atomic mass is 9.85. The molecule has 0 aliphatic heterocycles. The van der Waals surface area contributed by atoms with Crippen molar-refractivity contribution in [2.75, 3.05) is 0 Å². The first-order valence-electron chi connectivity index (χ1n) is 18.2. The van der Waals surface area contributed by atoms with E-state index in [0.717, 1.165) is 49.4 Å². The van der Waals surface area contributed by atoms with Crippen molar-refractivity contribution >= 4 is 32.6 Å². The van der Waals surface area contributed by atoms with Gasteiger partial charge in [0.05, 0.1) is 17.9 Å². The number of imidazole rings is 1. The molecule has 2 heteroatoms. The third kappa shape index (κ3) is 4.62. The fourth-order valence-corrected chi connectivity index (χ4v) is 6.85. The molecule has 220 valence electrons. The molecule has 0 radical (unpaired) electrons. The molecule has 0 bridgehead atoms. The monoisotopic (exact) mass is 603 g/mol. The summed E-state index contributed by atoms with van der Waals surface area (Å²) in [5.41, 5.74) is 8.84. The van der Waals surface area contributed by atoms with E-state index in [0.29, 0.717) is 16.9 Å². The van der Waals surface area contributed by atoms with Crippen molar-refractivity contribution in [3.05, 3.63) is 182 Å². The van der Waals surface area contributed by atoms with Crippen LogP contribution in [0.15, 0.2) is 182 Å². The van der Waals surface area contributed by atoms with Crippen LogP contribution >= 0.6 is 0 Å². The van der Waals surface area contributed by atoms with Crippen LogP contribution in [0, 0.1) is 0 Å². The quantitative estimate of drug-likeness (QED) is 0.179. The highest BCUT2D eigenvalue weighted by Gasteiger charge is 2.19. The Morgan fingerprint density at radius 3 is 1.55 bits per heavy atom. The van der Waals surface area contributed by atoms with E-state index in [1.807, 2.05) is 42.5 Å². The minimum atomic E-state index is -0.430. The SMILES string of the molecule is [2H]c1c([2H])c([2H])c(-n2c(-c3cccc(-c4c5ccccc5c(-c5cccc(-c6ccccc6)c5)c5ccccc45)c3)nc3ccccc32)c([2H])c1[2H]. The van der Waals surface area contributed by atoms with Crippen LogP contribution in [0.2, 0.25) is 0 Å². The van der Waals surface area contributed by atoms with Gasteiger partial charge in [-0.05, 0) is 91.3 Å². The van der Waals surface area contributed by atoms with Gasteiger partial charge in [-0.25, -0.2) is 4.98 Å². The lowest BCUT2D eigenvalue weighted by Crippen LogP contribution is -1.97. The summed E-state index contributed by atoms with van der Waals surface area (Å²) in [6.45, 7) is 0. The second-order valence-electron chi connectivity index (χ2n) is 11.6. The molecule has 0 aliphatic rings. The summed E-state index contributed by atoms with van der Waals surface area (Å²) in [5.74, 6) is 0.490. The van der Waals surface area contributed by atoms with Gasteiger partial charge in [0.25, 0.3) is 0 Å². The third-order valence-corrected chi connectivity index (χ3v) is 8.87. The zero-order valence-corrected chi connectivity index (χ0v) is 25.3. The maximum absolute atomic E-state index is 8.84. The van der Waals surface area contributed by atoms with E-state index in [1.165, 1.54) is 11.1 Å². The first kappa shape index (κ1) is 22.3. The molecular weight excluding hydrogens is 569 g/mol. The topological polar surface area (TPSA) is 17.8 Å². The summed E-state index contributed by atoms with van der Waals surface area (Å²) in [5, 5.41) is 4.49. The van der Waals surface area contributed by atoms with Crippen LogP contribution in [-0.2, 0) is 0 Å². The summed E-state index contributed by atoms with van der Waals surface area (Å²) in [6.07, 6.45) is 0. The van der Waals surface area contributed by atoms with Crippen molar-refractivity contribution in [2.45, 2.75) is 0 Å². The van der Waals surface area contributed by atoms with Gasteiger partial charge in [0.1, 0.15) is 5.82 Å². The summed E-state index contributed by atoms with van der Waals surface area (Å²) < 4.78 is 44.4. The number of nitrogens with zero attached hydrogens (tertiary/aromatic N) is 2. The van der Waals surface area contributed by atoms with Crippen molar-refractivity contribution in [1.29, 1.82) is 0 Å². The minimum absolute atomic E-state index is 0.0677. The van der Waals surface area contributed by atoms with Gasteiger partial charge in [0.15, 0.2) is 0 Å². The second kappa shape index (κ2) is 11.3. The lowest BCUT2D eigenvalue weighted by molar-refractivity contribution is 1.10. The smallest absolute Gasteiger partial charge is 0.145 e. The van der Waals surface area contributed by atoms with Gasteiger partial charge in [0.2, 0.25) is 0 Å². The van der Waals surface area contributed by atoms with E-state index in [2.05, 4.69) is 109 Å². The van der Waals surface area contributed by atoms with Gasteiger partial charge in [-0.15, -0.1) is 0 Å². The molecule has 0 N–H and O–H groups in total. The molecule has 9 aromatic rings. The van der Waals surface area contributed by atoms with E-state index < -0.39 is 6.04 Å². The molecule has 1 heterocycles. The predicted octanol–water partition coefficient (Wildman–Crippen LogP) is 12.0. The lowest BCUT2D eigenvalue weighted by Gasteiger charge is -2.18. The second-order valence-corrected chi connectivity index (χ2v) is 11.6. The maximum atomic E-state index is 8.84. The number of benzene rings is 8. The average molecular weight is 604 g/mol. The standard InChI is InChI=1S/C45H30N2/c1-3-15-31(16-4-1)32-17-13-18-33(29-32)43-37-23-7-9-25-39(37)44(40-26-10-8-24-38(40)43)34-19-14-20-35(30-34)45-46-41-27-11-12-28-42(41)47(45)36-21-5-2-6-22-36/h1-30H/i2D,5D,6D,21D,22D. The van der Waals surface area contributed by atoms with Crippen LogP contribution in [-0.4, -0.2) is 9.55 Å². The zero-order valence-electron chi connectivity index (χ0n) is 30.3. The highest BCUT2D eigenvalue weighted by Crippen LogP contribution is 2.45. The fourth-order valence-electron chi connectivity index (χ4n) is 6.85. The Morgan fingerprint density at radius 1 is 0.426 bits per heavy atom. The number of hydrogen-bond donors (Lipinski definition) is 0. The molecule has 1 aromatic heterocycles. The van der Waals surface area contributed by atoms with E-state index >= 15 is 0 Å². The van der Waals surface area contributed by atoms with Gasteiger partial charge in [-0.3, -0.25) is 4.57 Å². The maximum Gasteiger partial charge on any atom is 0.145 e. The summed E-state index contributed by atoms with van der Waals surface area (Å²) >= 11 is 0. The molecule has 0 fully saturated rings. The predicted molar refractivity (Wildman–Crippen MR) is 198 cm³/mol. The third-order valence-electron chi connectivity index (χ3n) is 8.87. The molecule has 0 atom stereocenters. The van der Waals surface area contributed by atoms with Gasteiger partial charge >= 0.3 is 0 Å². The number of hydrogen-bond acceptors (Lipinski definition) is 1. The average Bonchev–Trinajstić information content (AvgIpc) is 3.58. The van der Waals surface area contributed by atoms with Crippen molar-refractivity contribution in [2.24, 2.45) is 0 Å². The molecule has 0 saturated carbocycles. The molecule has 47 heavy (non-hydrogen) atoms. The summed E-state index contributed by atoms with van der Waals surface area (Å²) in [7, 11) is 0. The molecule has 2 nitrogen and oxygen atoms in total. The van der Waals surface area contributed by atoms with Crippen molar-refractivity contribution in [3.8, 4) is 50.5 Å². The number of rotatable bonds is 5. The van der Waals surface area contributed by atoms with E-state index in [1.54, 1.807) is 4.57 Å². The van der Waals surface area contributed by atoms with Crippen molar-refractivity contribution in [1.82, 2.24) is 9.55 Å². The van der Waals surface area contributed by atoms with Crippen LogP contribution in [0.3, 0.4) is 0 Å². The van der Waals surface area contributed by atoms with Crippen LogP contribution in [0.25, 0.3) is 83.0 Å². The van der Waals surface area contributed by atoms with E-state index in [-0.39, 0.29) is 29.9 Å². The molecular formula is C45H30N2. The van der Waals surface area contributed by atoms with E-state index in [9.17, 15) is 0 Å². The molecule has 0 aliphatic carbocycles. The highest BCUT2D eigenvalue weighted by molar-refractivity contribution is 6.21. The van der Waals surface area contributed by atoms with Crippen molar-refractivity contribution in [3.63, 3.8) is 0 Å². The minimum Gasteiger partial charge on any atom is -0.292 e. The van der Waals surface area contributed by atoms with Crippen LogP contribution in [0.5, 0.6) is 0 Å². The number of fused-ring (bicyclic) bond motifs is 3. The Labute approximate surface area is 280 Å². The van der Waals surface area contributed by atoms with Gasteiger partial charge < -0.3 is 0 Å². The van der Waals surface area contributed by atoms with Crippen LogP contribution in [0.1, 0.15) is 6.85 Å². The summed E-state index contributed by atoms with van der Waals surface area (Å²) in [4.78, 5) is 5.00. The Hall–Kier alpha value is -6.25. The molecule has 0 amide bonds. The first-order valence-corrected chi connectivity index (χ1v) is 15.7. The largest absolute Gasteiger partial charge is 0.292 e. The van der Waals surface area contributed by atoms with Gasteiger partial charge in [-0.1, -0.05) is 146 Å². The molecule has 8 aromatic carbocycles. The van der Waals surface area contributed by atoms with Crippen LogP contribution < -0.4 is 0 Å². The van der Waals surface area contributed by atoms with E-state index in [4.69, 9.17) is 11.8 Å². The highest BCUT2D eigenvalue weighted by atomic mass is 15.1. The zero-order chi connectivity index (χ0) is 35.5. The Balaban J connectivity index is 1.29. The molecule has 0 unspecified atom stereocenters. The normalized spacial score (nSPS) is 12.9. The first-order chi connectivity index (χ1) is 25.4. The number of para-hydroxylation sites is 3. The fraction of sp³-hybridized carbons (Fsp3) is 0. The van der Waals surface area contributed by atoms with Gasteiger partial charge in [-0.2, -0.15) is 0 Å². The Morgan fingerprint density at radius 2 is 0.915 bits per heavy atom. The molecule has 9 rings (SSSR count). The Bertz CT molecular complexity index is 2770. The molecule has 0 spiro atoms. The number of aromatic nitrogens is 2. The summed E-state index contributed by atoms with van der Waals surface area (Å²) in [6, 6.07) is 50.1. The van der Waals surface area contributed by atoms with Gasteiger partial charge in [0, 0.05) is 11.3 Å².